The number of para-hydroxylation sites is 1. The molecule has 0 bridgehead atoms. The topological polar surface area (TPSA) is 153 Å². The molecule has 0 spiro atoms. The van der Waals surface area contributed by atoms with Gasteiger partial charge in [0, 0.05) is 5.69 Å². The van der Waals surface area contributed by atoms with Crippen LogP contribution < -0.4 is 5.73 Å². The lowest BCUT2D eigenvalue weighted by Gasteiger charge is -2.25. The van der Waals surface area contributed by atoms with Gasteiger partial charge in [-0.3, -0.25) is 0 Å². The van der Waals surface area contributed by atoms with E-state index in [4.69, 9.17) is 20.7 Å². The van der Waals surface area contributed by atoms with E-state index in [9.17, 15) is 20.1 Å². The summed E-state index contributed by atoms with van der Waals surface area (Å²) in [5.74, 6) is -0.795. The van der Waals surface area contributed by atoms with Gasteiger partial charge >= 0.3 is 5.97 Å². The first-order valence-corrected chi connectivity index (χ1v) is 6.23. The maximum atomic E-state index is 11.7. The number of nitrogen functional groups attached to an aromatic ring is 1. The monoisotopic (exact) mass is 301 g/mol. The van der Waals surface area contributed by atoms with E-state index in [0.29, 0.717) is 0 Å². The minimum atomic E-state index is -1.78. The number of rotatable bonds is 7. The molecule has 1 aromatic carbocycles. The molecule has 0 saturated carbocycles. The van der Waals surface area contributed by atoms with Crippen molar-refractivity contribution in [1.29, 1.82) is 0 Å². The van der Waals surface area contributed by atoms with Crippen LogP contribution in [0.15, 0.2) is 24.3 Å². The number of aliphatic hydroxyl groups is 5. The number of hydrogen-bond donors (Lipinski definition) is 6. The molecule has 0 radical (unpaired) electrons. The van der Waals surface area contributed by atoms with Gasteiger partial charge in [0.25, 0.3) is 0 Å². The zero-order chi connectivity index (χ0) is 16.0. The number of hydrogen-bond acceptors (Lipinski definition) is 8. The van der Waals surface area contributed by atoms with Gasteiger partial charge < -0.3 is 36.0 Å². The largest absolute Gasteiger partial charge is 0.459 e. The molecular formula is C13H19NO7. The first-order chi connectivity index (χ1) is 9.88. The fourth-order valence-corrected chi connectivity index (χ4v) is 1.58. The van der Waals surface area contributed by atoms with Gasteiger partial charge in [-0.1, -0.05) is 12.1 Å². The molecule has 1 rings (SSSR count). The first kappa shape index (κ1) is 17.3. The van der Waals surface area contributed by atoms with E-state index in [1.165, 1.54) is 12.1 Å². The SMILES string of the molecule is Nc1ccccc1C(=O)OC[C@@H](O)[C@@H](O)[C@@H](O)[C@@H](O)CO. The lowest BCUT2D eigenvalue weighted by Crippen LogP contribution is -2.47. The fraction of sp³-hybridized carbons (Fsp3) is 0.462. The van der Waals surface area contributed by atoms with Crippen molar-refractivity contribution < 1.29 is 35.1 Å². The Hall–Kier alpha value is -1.71. The van der Waals surface area contributed by atoms with Crippen LogP contribution in [0.25, 0.3) is 0 Å². The Bertz CT molecular complexity index is 468. The molecule has 7 N–H and O–H groups in total. The van der Waals surface area contributed by atoms with Gasteiger partial charge in [-0.15, -0.1) is 0 Å². The Balaban J connectivity index is 2.55. The van der Waals surface area contributed by atoms with Gasteiger partial charge in [-0.25, -0.2) is 4.79 Å². The summed E-state index contributed by atoms with van der Waals surface area (Å²) in [4.78, 5) is 11.7. The summed E-state index contributed by atoms with van der Waals surface area (Å²) in [5, 5.41) is 46.3. The molecule has 0 saturated heterocycles. The highest BCUT2D eigenvalue weighted by molar-refractivity contribution is 5.94. The van der Waals surface area contributed by atoms with Gasteiger partial charge in [0.15, 0.2) is 0 Å². The summed E-state index contributed by atoms with van der Waals surface area (Å²) in [6.07, 6.45) is -6.80. The number of carbonyl (C=O) groups excluding carboxylic acids is 1. The third-order valence-electron chi connectivity index (χ3n) is 2.89. The Morgan fingerprint density at radius 3 is 2.24 bits per heavy atom. The maximum Gasteiger partial charge on any atom is 0.340 e. The summed E-state index contributed by atoms with van der Waals surface area (Å²) < 4.78 is 4.77. The Labute approximate surface area is 121 Å². The number of ether oxygens (including phenoxy) is 1. The summed E-state index contributed by atoms with van der Waals surface area (Å²) in [7, 11) is 0. The second kappa shape index (κ2) is 7.91. The molecule has 0 amide bonds. The van der Waals surface area contributed by atoms with Crippen molar-refractivity contribution >= 4 is 11.7 Å². The van der Waals surface area contributed by atoms with Crippen molar-refractivity contribution in [2.45, 2.75) is 24.4 Å². The maximum absolute atomic E-state index is 11.7. The lowest BCUT2D eigenvalue weighted by atomic mass is 10.0. The van der Waals surface area contributed by atoms with Gasteiger partial charge in [-0.05, 0) is 12.1 Å². The first-order valence-electron chi connectivity index (χ1n) is 6.23. The predicted octanol–water partition coefficient (Wildman–Crippen LogP) is -2.14. The summed E-state index contributed by atoms with van der Waals surface area (Å²) >= 11 is 0. The minimum absolute atomic E-state index is 0.107. The number of benzene rings is 1. The average Bonchev–Trinajstić information content (AvgIpc) is 2.50. The highest BCUT2D eigenvalue weighted by atomic mass is 16.5. The highest BCUT2D eigenvalue weighted by Crippen LogP contribution is 2.13. The molecule has 8 heteroatoms. The molecule has 21 heavy (non-hydrogen) atoms. The van der Waals surface area contributed by atoms with Crippen LogP contribution in [0, 0.1) is 0 Å². The number of carbonyl (C=O) groups is 1. The minimum Gasteiger partial charge on any atom is -0.459 e. The summed E-state index contributed by atoms with van der Waals surface area (Å²) in [5.41, 5.74) is 5.89. The molecule has 0 aliphatic heterocycles. The molecule has 4 atom stereocenters. The van der Waals surface area contributed by atoms with Crippen LogP contribution in [0.4, 0.5) is 5.69 Å². The number of nitrogens with two attached hydrogens (primary N) is 1. The van der Waals surface area contributed by atoms with Crippen molar-refractivity contribution in [1.82, 2.24) is 0 Å². The second-order valence-corrected chi connectivity index (χ2v) is 4.48. The van der Waals surface area contributed by atoms with Crippen LogP contribution in [0.5, 0.6) is 0 Å². The molecule has 118 valence electrons. The number of esters is 1. The van der Waals surface area contributed by atoms with E-state index < -0.39 is 43.6 Å². The zero-order valence-electron chi connectivity index (χ0n) is 11.2. The Morgan fingerprint density at radius 2 is 1.67 bits per heavy atom. The fourth-order valence-electron chi connectivity index (χ4n) is 1.58. The van der Waals surface area contributed by atoms with Crippen molar-refractivity contribution in [2.75, 3.05) is 18.9 Å². The Morgan fingerprint density at radius 1 is 1.10 bits per heavy atom. The van der Waals surface area contributed by atoms with E-state index in [2.05, 4.69) is 0 Å². The van der Waals surface area contributed by atoms with Crippen LogP contribution in [0.1, 0.15) is 10.4 Å². The molecule has 0 aromatic heterocycles. The van der Waals surface area contributed by atoms with Crippen LogP contribution in [-0.4, -0.2) is 69.1 Å². The van der Waals surface area contributed by atoms with E-state index >= 15 is 0 Å². The van der Waals surface area contributed by atoms with Crippen molar-refractivity contribution in [2.24, 2.45) is 0 Å². The molecule has 0 aliphatic carbocycles. The molecule has 0 fully saturated rings. The quantitative estimate of drug-likeness (QED) is 0.246. The summed E-state index contributed by atoms with van der Waals surface area (Å²) in [6, 6.07) is 6.16. The number of anilines is 1. The van der Waals surface area contributed by atoms with Gasteiger partial charge in [-0.2, -0.15) is 0 Å². The van der Waals surface area contributed by atoms with Crippen molar-refractivity contribution in [3.05, 3.63) is 29.8 Å². The Kier molecular flexibility index (Phi) is 6.53. The van der Waals surface area contributed by atoms with Crippen LogP contribution >= 0.6 is 0 Å². The van der Waals surface area contributed by atoms with Gasteiger partial charge in [0.2, 0.25) is 0 Å². The van der Waals surface area contributed by atoms with Gasteiger partial charge in [0.1, 0.15) is 31.0 Å². The zero-order valence-corrected chi connectivity index (χ0v) is 11.2. The smallest absolute Gasteiger partial charge is 0.340 e. The van der Waals surface area contributed by atoms with Crippen LogP contribution in [-0.2, 0) is 4.74 Å². The lowest BCUT2D eigenvalue weighted by molar-refractivity contribution is -0.124. The van der Waals surface area contributed by atoms with E-state index in [0.717, 1.165) is 0 Å². The standard InChI is InChI=1S/C13H19NO7/c14-8-4-2-1-3-7(8)13(20)21-6-10(17)12(19)11(18)9(16)5-15/h1-4,9-12,15-19H,5-6,14H2/t9-,10+,11-,12+/m0/s1. The molecule has 8 nitrogen and oxygen atoms in total. The molecule has 0 unspecified atom stereocenters. The molecule has 0 aliphatic rings. The summed E-state index contributed by atoms with van der Waals surface area (Å²) in [6.45, 7) is -1.39. The van der Waals surface area contributed by atoms with E-state index in [1.807, 2.05) is 0 Å². The van der Waals surface area contributed by atoms with Gasteiger partial charge in [0.05, 0.1) is 12.2 Å². The molecule has 1 aromatic rings. The third-order valence-corrected chi connectivity index (χ3v) is 2.89. The molecule has 0 heterocycles. The second-order valence-electron chi connectivity index (χ2n) is 4.48. The van der Waals surface area contributed by atoms with Crippen LogP contribution in [0.2, 0.25) is 0 Å². The molecular weight excluding hydrogens is 282 g/mol. The van der Waals surface area contributed by atoms with E-state index in [-0.39, 0.29) is 11.3 Å². The van der Waals surface area contributed by atoms with Crippen molar-refractivity contribution in [3.8, 4) is 0 Å². The third kappa shape index (κ3) is 4.66. The highest BCUT2D eigenvalue weighted by Gasteiger charge is 2.30. The number of aliphatic hydroxyl groups excluding tert-OH is 5. The normalized spacial score (nSPS) is 16.8. The predicted molar refractivity (Wildman–Crippen MR) is 72.2 cm³/mol. The van der Waals surface area contributed by atoms with Crippen LogP contribution in [0.3, 0.4) is 0 Å². The van der Waals surface area contributed by atoms with E-state index in [1.54, 1.807) is 12.1 Å². The van der Waals surface area contributed by atoms with Crippen molar-refractivity contribution in [3.63, 3.8) is 0 Å². The average molecular weight is 301 g/mol.